The van der Waals surface area contributed by atoms with E-state index in [9.17, 15) is 9.59 Å². The van der Waals surface area contributed by atoms with Gasteiger partial charge in [0.25, 0.3) is 5.91 Å². The highest BCUT2D eigenvalue weighted by molar-refractivity contribution is 6.36. The number of benzene rings is 2. The highest BCUT2D eigenvalue weighted by Gasteiger charge is 2.52. The van der Waals surface area contributed by atoms with Gasteiger partial charge in [0.15, 0.2) is 11.9 Å². The Bertz CT molecular complexity index is 1910. The Labute approximate surface area is 269 Å². The minimum atomic E-state index is -0.686. The number of halogens is 2. The third-order valence-corrected chi connectivity index (χ3v) is 11.0. The molecule has 236 valence electrons. The van der Waals surface area contributed by atoms with Gasteiger partial charge in [-0.2, -0.15) is 9.97 Å². The van der Waals surface area contributed by atoms with E-state index < -0.39 is 11.9 Å². The first-order chi connectivity index (χ1) is 22.4. The number of pyridine rings is 1. The zero-order valence-electron chi connectivity index (χ0n) is 25.1. The van der Waals surface area contributed by atoms with E-state index in [1.54, 1.807) is 12.3 Å². The molecule has 0 aliphatic carbocycles. The molecule has 0 saturated carbocycles. The van der Waals surface area contributed by atoms with Crippen molar-refractivity contribution in [2.75, 3.05) is 37.7 Å². The summed E-state index contributed by atoms with van der Waals surface area (Å²) < 4.78 is 28.2. The molecule has 2 aromatic carbocycles. The molecule has 6 aliphatic heterocycles. The van der Waals surface area contributed by atoms with Crippen LogP contribution in [0.25, 0.3) is 32.9 Å². The molecule has 6 fully saturated rings. The summed E-state index contributed by atoms with van der Waals surface area (Å²) in [5.74, 6) is -0.507. The number of amides is 1. The average molecular weight is 643 g/mol. The zero-order chi connectivity index (χ0) is 31.2. The molecule has 2 aromatic heterocycles. The number of aromatic nitrogens is 3. The molecule has 0 radical (unpaired) electrons. The van der Waals surface area contributed by atoms with Gasteiger partial charge in [-0.1, -0.05) is 41.9 Å². The fourth-order valence-electron chi connectivity index (χ4n) is 8.41. The summed E-state index contributed by atoms with van der Waals surface area (Å²) in [6, 6.07) is 11.2. The van der Waals surface area contributed by atoms with Crippen molar-refractivity contribution in [2.24, 2.45) is 0 Å². The molecule has 3 atom stereocenters. The van der Waals surface area contributed by atoms with Crippen LogP contribution in [0.1, 0.15) is 38.5 Å². The topological polar surface area (TPSA) is 101 Å². The minimum Gasteiger partial charge on any atom is -0.461 e. The van der Waals surface area contributed by atoms with Crippen molar-refractivity contribution in [1.82, 2.24) is 24.8 Å². The van der Waals surface area contributed by atoms with Gasteiger partial charge in [-0.15, -0.1) is 0 Å². The van der Waals surface area contributed by atoms with E-state index in [2.05, 4.69) is 19.8 Å². The number of carbonyl (C=O) groups is 2. The minimum absolute atomic E-state index is 0.0290. The van der Waals surface area contributed by atoms with Crippen molar-refractivity contribution < 1.29 is 23.5 Å². The van der Waals surface area contributed by atoms with Crippen LogP contribution in [0.3, 0.4) is 0 Å². The summed E-state index contributed by atoms with van der Waals surface area (Å²) in [6.07, 6.45) is 6.32. The molecule has 6 aliphatic rings. The standard InChI is InChI=1S/C34H32ClFN6O4/c35-24-8-2-6-19-5-1-7-22(27(19)24)29-28(36)30-23(15-37-29)31(39-33(38-30)45-18-34-9-3-11-41(34)12-4-10-34)40-16-20-13-21(17-40)42(20)32(44)25-14-26(43)46-25/h1-2,5-8,15,20-21,25H,3-4,9-14,16-18H2/t20-,21?,25+/m0/s1. The number of ether oxygens (including phenoxy) is 2. The van der Waals surface area contributed by atoms with Gasteiger partial charge in [0, 0.05) is 35.3 Å². The van der Waals surface area contributed by atoms with E-state index >= 15 is 4.39 Å². The predicted octanol–water partition coefficient (Wildman–Crippen LogP) is 4.75. The van der Waals surface area contributed by atoms with Crippen molar-refractivity contribution in [2.45, 2.75) is 62.3 Å². The van der Waals surface area contributed by atoms with Gasteiger partial charge in [-0.05, 0) is 56.6 Å². The summed E-state index contributed by atoms with van der Waals surface area (Å²) in [7, 11) is 0. The Balaban J connectivity index is 1.10. The number of piperazine rings is 1. The molecular formula is C34H32ClFN6O4. The molecule has 0 N–H and O–H groups in total. The van der Waals surface area contributed by atoms with Crippen LogP contribution in [-0.2, 0) is 14.3 Å². The van der Waals surface area contributed by atoms with Gasteiger partial charge in [0.2, 0.25) is 0 Å². The van der Waals surface area contributed by atoms with Gasteiger partial charge in [-0.25, -0.2) is 4.39 Å². The van der Waals surface area contributed by atoms with Crippen molar-refractivity contribution in [3.05, 3.63) is 53.4 Å². The fourth-order valence-corrected chi connectivity index (χ4v) is 8.70. The lowest BCUT2D eigenvalue weighted by atomic mass is 9.86. The lowest BCUT2D eigenvalue weighted by Crippen LogP contribution is -2.72. The number of anilines is 1. The van der Waals surface area contributed by atoms with E-state index in [0.29, 0.717) is 41.5 Å². The Kier molecular flexibility index (Phi) is 6.41. The van der Waals surface area contributed by atoms with Crippen LogP contribution in [0.4, 0.5) is 10.2 Å². The van der Waals surface area contributed by atoms with E-state index in [1.165, 1.54) is 0 Å². The first-order valence-electron chi connectivity index (χ1n) is 16.1. The number of esters is 1. The van der Waals surface area contributed by atoms with Crippen molar-refractivity contribution in [3.63, 3.8) is 0 Å². The van der Waals surface area contributed by atoms with Crippen LogP contribution in [-0.4, -0.2) is 93.1 Å². The summed E-state index contributed by atoms with van der Waals surface area (Å²) in [4.78, 5) is 45.0. The van der Waals surface area contributed by atoms with Crippen molar-refractivity contribution in [3.8, 4) is 17.3 Å². The Morgan fingerprint density at radius 3 is 2.57 bits per heavy atom. The normalized spacial score (nSPS) is 24.9. The van der Waals surface area contributed by atoms with Gasteiger partial charge in [-0.3, -0.25) is 19.5 Å². The Hall–Kier alpha value is -4.09. The summed E-state index contributed by atoms with van der Waals surface area (Å²) >= 11 is 6.61. The molecule has 4 aromatic rings. The number of hydrogen-bond donors (Lipinski definition) is 0. The molecule has 2 bridgehead atoms. The molecule has 6 saturated heterocycles. The van der Waals surface area contributed by atoms with E-state index in [1.807, 2.05) is 35.2 Å². The number of fused-ring (bicyclic) bond motifs is 5. The molecular weight excluding hydrogens is 611 g/mol. The molecule has 10 rings (SSSR count). The number of rotatable bonds is 6. The summed E-state index contributed by atoms with van der Waals surface area (Å²) in [5.41, 5.74) is 0.849. The number of carbonyl (C=O) groups excluding carboxylic acids is 2. The van der Waals surface area contributed by atoms with Crippen LogP contribution >= 0.6 is 11.6 Å². The first kappa shape index (κ1) is 28.2. The highest BCUT2D eigenvalue weighted by atomic mass is 35.5. The fraction of sp³-hybridized carbons (Fsp3) is 0.441. The second-order valence-corrected chi connectivity index (χ2v) is 13.6. The second kappa shape index (κ2) is 10.5. The maximum atomic E-state index is 16.7. The third-order valence-electron chi connectivity index (χ3n) is 10.7. The molecule has 1 unspecified atom stereocenters. The lowest BCUT2D eigenvalue weighted by Gasteiger charge is -2.57. The third kappa shape index (κ3) is 4.27. The summed E-state index contributed by atoms with van der Waals surface area (Å²) in [5, 5.41) is 2.61. The molecule has 1 amide bonds. The summed E-state index contributed by atoms with van der Waals surface area (Å²) in [6.45, 7) is 3.60. The number of hydrogen-bond acceptors (Lipinski definition) is 9. The van der Waals surface area contributed by atoms with Crippen LogP contribution in [0.2, 0.25) is 5.02 Å². The maximum absolute atomic E-state index is 16.7. The van der Waals surface area contributed by atoms with E-state index in [-0.39, 0.29) is 53.1 Å². The van der Waals surface area contributed by atoms with Gasteiger partial charge < -0.3 is 19.3 Å². The molecule has 46 heavy (non-hydrogen) atoms. The zero-order valence-corrected chi connectivity index (χ0v) is 25.9. The van der Waals surface area contributed by atoms with Gasteiger partial charge in [0.1, 0.15) is 23.6 Å². The van der Waals surface area contributed by atoms with Crippen LogP contribution in [0.15, 0.2) is 42.6 Å². The SMILES string of the molecule is O=C1C[C@H](C(=O)N2C3C[C@H]2CN(c2nc(OCC45CCCN4CCC5)nc4c(F)c(-c5cccc6cccc(Cl)c56)ncc24)C3)O1. The molecule has 10 nitrogen and oxygen atoms in total. The Morgan fingerprint density at radius 1 is 1.09 bits per heavy atom. The maximum Gasteiger partial charge on any atom is 0.319 e. The van der Waals surface area contributed by atoms with Crippen LogP contribution in [0.5, 0.6) is 6.01 Å². The first-order valence-corrected chi connectivity index (χ1v) is 16.4. The Morgan fingerprint density at radius 2 is 1.83 bits per heavy atom. The van der Waals surface area contributed by atoms with Crippen LogP contribution < -0.4 is 9.64 Å². The van der Waals surface area contributed by atoms with E-state index in [0.717, 1.165) is 56.0 Å². The van der Waals surface area contributed by atoms with Crippen molar-refractivity contribution >= 4 is 51.0 Å². The molecule has 12 heteroatoms. The molecule has 0 spiro atoms. The lowest BCUT2D eigenvalue weighted by molar-refractivity contribution is -0.185. The quantitative estimate of drug-likeness (QED) is 0.276. The monoisotopic (exact) mass is 642 g/mol. The molecule has 8 heterocycles. The number of piperidine rings is 1. The highest BCUT2D eigenvalue weighted by Crippen LogP contribution is 2.42. The second-order valence-electron chi connectivity index (χ2n) is 13.2. The largest absolute Gasteiger partial charge is 0.461 e. The predicted molar refractivity (Wildman–Crippen MR) is 169 cm³/mol. The number of nitrogens with zero attached hydrogens (tertiary/aromatic N) is 6. The number of cyclic esters (lactones) is 1. The van der Waals surface area contributed by atoms with Gasteiger partial charge in [0.05, 0.1) is 29.4 Å². The average Bonchev–Trinajstić information content (AvgIpc) is 3.63. The van der Waals surface area contributed by atoms with Crippen molar-refractivity contribution in [1.29, 1.82) is 0 Å². The smallest absolute Gasteiger partial charge is 0.319 e. The van der Waals surface area contributed by atoms with E-state index in [4.69, 9.17) is 26.1 Å². The van der Waals surface area contributed by atoms with Gasteiger partial charge >= 0.3 is 12.0 Å². The van der Waals surface area contributed by atoms with Crippen LogP contribution in [0, 0.1) is 5.82 Å².